The van der Waals surface area contributed by atoms with Crippen LogP contribution >= 0.6 is 0 Å². The summed E-state index contributed by atoms with van der Waals surface area (Å²) in [5, 5.41) is 8.55. The Balaban J connectivity index is 4.58. The molecule has 0 atom stereocenters. The minimum absolute atomic E-state index is 0.385. The van der Waals surface area contributed by atoms with Gasteiger partial charge in [0.2, 0.25) is 0 Å². The zero-order chi connectivity index (χ0) is 24.6. The Kier molecular flexibility index (Phi) is 21.9. The largest absolute Gasteiger partial charge is 0.478 e. The number of ether oxygens (including phenoxy) is 1. The van der Waals surface area contributed by atoms with Crippen LogP contribution in [0.25, 0.3) is 0 Å². The van der Waals surface area contributed by atoms with Crippen LogP contribution in [0.2, 0.25) is 24.2 Å². The van der Waals surface area contributed by atoms with Crippen LogP contribution in [0, 0.1) is 0 Å². The van der Waals surface area contributed by atoms with Crippen molar-refractivity contribution in [3.8, 4) is 0 Å². The minimum Gasteiger partial charge on any atom is -0.478 e. The van der Waals surface area contributed by atoms with E-state index in [0.717, 1.165) is 25.0 Å². The zero-order valence-corrected chi connectivity index (χ0v) is 23.2. The average Bonchev–Trinajstić information content (AvgIpc) is 2.80. The molecule has 0 radical (unpaired) electrons. The number of hydrogen-bond acceptors (Lipinski definition) is 3. The van der Waals surface area contributed by atoms with E-state index in [1.807, 2.05) is 0 Å². The Hall–Kier alpha value is -1.10. The fourth-order valence-electron chi connectivity index (χ4n) is 4.85. The number of carboxylic acids is 1. The van der Waals surface area contributed by atoms with Gasteiger partial charge in [-0.05, 0) is 6.42 Å². The van der Waals surface area contributed by atoms with Crippen molar-refractivity contribution < 1.29 is 19.4 Å². The first-order valence-corrected chi connectivity index (χ1v) is 16.9. The van der Waals surface area contributed by atoms with Crippen LogP contribution in [0.15, 0.2) is 12.2 Å². The fraction of sp³-hybridized carbons (Fsp3) is 0.857. The van der Waals surface area contributed by atoms with E-state index in [4.69, 9.17) is 9.84 Å². The highest BCUT2D eigenvalue weighted by molar-refractivity contribution is 6.79. The summed E-state index contributed by atoms with van der Waals surface area (Å²) in [6, 6.07) is 6.11. The summed E-state index contributed by atoms with van der Waals surface area (Å²) in [7, 11) is -1.20. The van der Waals surface area contributed by atoms with Gasteiger partial charge in [-0.25, -0.2) is 9.59 Å². The standard InChI is InChI=1S/C28H54O4Si/c1-4-7-10-16-23-33(24-17-11-8-5-2,25-18-12-9-6-3)26-19-14-13-15-22-32-28(31)21-20-27(29)30/h20-21H,4-19,22-26H2,1-3H3,(H,29,30)/b21-20+. The number of unbranched alkanes of at least 4 members (excludes halogenated alkanes) is 12. The van der Waals surface area contributed by atoms with E-state index in [9.17, 15) is 9.59 Å². The van der Waals surface area contributed by atoms with Crippen LogP contribution in [0.1, 0.15) is 124 Å². The SMILES string of the molecule is CCCCCC[Si](CCCCCC)(CCCCCC)CCCCCCOC(=O)/C=C/C(=O)O. The molecule has 0 fully saturated rings. The van der Waals surface area contributed by atoms with Crippen molar-refractivity contribution in [1.29, 1.82) is 0 Å². The lowest BCUT2D eigenvalue weighted by atomic mass is 10.2. The molecule has 0 rings (SSSR count). The first kappa shape index (κ1) is 31.9. The van der Waals surface area contributed by atoms with E-state index in [1.54, 1.807) is 18.1 Å². The predicted molar refractivity (Wildman–Crippen MR) is 144 cm³/mol. The van der Waals surface area contributed by atoms with Crippen LogP contribution in [-0.4, -0.2) is 31.7 Å². The van der Waals surface area contributed by atoms with Gasteiger partial charge in [-0.2, -0.15) is 0 Å². The van der Waals surface area contributed by atoms with Crippen LogP contribution < -0.4 is 0 Å². The Bertz CT molecular complexity index is 473. The number of carboxylic acid groups (broad SMARTS) is 1. The average molecular weight is 483 g/mol. The molecule has 0 aliphatic heterocycles. The van der Waals surface area contributed by atoms with Gasteiger partial charge in [-0.15, -0.1) is 0 Å². The summed E-state index contributed by atoms with van der Waals surface area (Å²) in [4.78, 5) is 21.9. The van der Waals surface area contributed by atoms with Crippen molar-refractivity contribution >= 4 is 20.0 Å². The molecule has 0 aromatic heterocycles. The van der Waals surface area contributed by atoms with E-state index >= 15 is 0 Å². The molecule has 0 aliphatic carbocycles. The fourth-order valence-corrected chi connectivity index (χ4v) is 10.3. The number of hydrogen-bond donors (Lipinski definition) is 1. The van der Waals surface area contributed by atoms with Crippen molar-refractivity contribution in [2.24, 2.45) is 0 Å². The third-order valence-corrected chi connectivity index (χ3v) is 12.5. The molecule has 0 amide bonds. The molecule has 0 spiro atoms. The first-order valence-electron chi connectivity index (χ1n) is 14.1. The molecular formula is C28H54O4Si. The molecule has 5 heteroatoms. The zero-order valence-electron chi connectivity index (χ0n) is 22.2. The summed E-state index contributed by atoms with van der Waals surface area (Å²) in [5.41, 5.74) is 0. The number of rotatable bonds is 24. The maximum atomic E-state index is 11.4. The molecule has 194 valence electrons. The van der Waals surface area contributed by atoms with Gasteiger partial charge in [-0.1, -0.05) is 141 Å². The molecule has 0 saturated carbocycles. The van der Waals surface area contributed by atoms with E-state index in [0.29, 0.717) is 6.61 Å². The van der Waals surface area contributed by atoms with E-state index in [1.165, 1.54) is 95.9 Å². The Labute approximate surface area is 206 Å². The van der Waals surface area contributed by atoms with E-state index in [2.05, 4.69) is 20.8 Å². The lowest BCUT2D eigenvalue weighted by Gasteiger charge is -2.33. The highest BCUT2D eigenvalue weighted by Gasteiger charge is 2.30. The summed E-state index contributed by atoms with van der Waals surface area (Å²) >= 11 is 0. The Morgan fingerprint density at radius 2 is 1.00 bits per heavy atom. The maximum Gasteiger partial charge on any atom is 0.331 e. The van der Waals surface area contributed by atoms with Crippen molar-refractivity contribution in [3.63, 3.8) is 0 Å². The normalized spacial score (nSPS) is 11.8. The van der Waals surface area contributed by atoms with Crippen LogP contribution in [0.5, 0.6) is 0 Å². The predicted octanol–water partition coefficient (Wildman–Crippen LogP) is 8.92. The molecule has 0 saturated heterocycles. The van der Waals surface area contributed by atoms with Gasteiger partial charge in [0, 0.05) is 12.2 Å². The van der Waals surface area contributed by atoms with Crippen molar-refractivity contribution in [2.45, 2.75) is 148 Å². The van der Waals surface area contributed by atoms with Gasteiger partial charge in [-0.3, -0.25) is 0 Å². The van der Waals surface area contributed by atoms with Crippen LogP contribution in [0.4, 0.5) is 0 Å². The van der Waals surface area contributed by atoms with Gasteiger partial charge in [0.25, 0.3) is 0 Å². The van der Waals surface area contributed by atoms with Crippen molar-refractivity contribution in [1.82, 2.24) is 0 Å². The molecule has 0 unspecified atom stereocenters. The van der Waals surface area contributed by atoms with E-state index in [-0.39, 0.29) is 0 Å². The lowest BCUT2D eigenvalue weighted by molar-refractivity contribution is -0.138. The smallest absolute Gasteiger partial charge is 0.331 e. The second-order valence-electron chi connectivity index (χ2n) is 9.94. The third kappa shape index (κ3) is 20.0. The monoisotopic (exact) mass is 482 g/mol. The number of aliphatic carboxylic acids is 1. The van der Waals surface area contributed by atoms with Gasteiger partial charge < -0.3 is 9.84 Å². The summed E-state index contributed by atoms with van der Waals surface area (Å²) in [6.07, 6.45) is 23.0. The van der Waals surface area contributed by atoms with Gasteiger partial charge in [0.15, 0.2) is 0 Å². The van der Waals surface area contributed by atoms with Gasteiger partial charge in [0.05, 0.1) is 14.7 Å². The molecule has 0 aliphatic rings. The van der Waals surface area contributed by atoms with E-state index < -0.39 is 20.0 Å². The molecule has 0 aromatic rings. The second-order valence-corrected chi connectivity index (χ2v) is 14.9. The molecule has 0 aromatic carbocycles. The third-order valence-electron chi connectivity index (χ3n) is 6.89. The number of carbonyl (C=O) groups is 2. The molecule has 4 nitrogen and oxygen atoms in total. The highest BCUT2D eigenvalue weighted by Crippen LogP contribution is 2.35. The topological polar surface area (TPSA) is 63.6 Å². The molecule has 0 heterocycles. The van der Waals surface area contributed by atoms with Gasteiger partial charge in [0.1, 0.15) is 0 Å². The highest BCUT2D eigenvalue weighted by atomic mass is 28.3. The summed E-state index contributed by atoms with van der Waals surface area (Å²) < 4.78 is 5.09. The molecule has 1 N–H and O–H groups in total. The van der Waals surface area contributed by atoms with Crippen LogP contribution in [-0.2, 0) is 14.3 Å². The molecule has 33 heavy (non-hydrogen) atoms. The van der Waals surface area contributed by atoms with Crippen LogP contribution in [0.3, 0.4) is 0 Å². The Morgan fingerprint density at radius 3 is 1.39 bits per heavy atom. The first-order chi connectivity index (χ1) is 16.0. The molecule has 0 bridgehead atoms. The second kappa shape index (κ2) is 22.7. The minimum atomic E-state index is -1.20. The van der Waals surface area contributed by atoms with Gasteiger partial charge >= 0.3 is 11.9 Å². The summed E-state index contributed by atoms with van der Waals surface area (Å²) in [5.74, 6) is -1.69. The number of carbonyl (C=O) groups excluding carboxylic acids is 1. The Morgan fingerprint density at radius 1 is 0.606 bits per heavy atom. The van der Waals surface area contributed by atoms with Crippen molar-refractivity contribution in [2.75, 3.05) is 6.61 Å². The lowest BCUT2D eigenvalue weighted by Crippen LogP contribution is -2.34. The maximum absolute atomic E-state index is 11.4. The van der Waals surface area contributed by atoms with Crippen molar-refractivity contribution in [3.05, 3.63) is 12.2 Å². The quantitative estimate of drug-likeness (QED) is 0.0645. The summed E-state index contributed by atoms with van der Waals surface area (Å²) in [6.45, 7) is 7.30. The molecular weight excluding hydrogens is 428 g/mol. The number of esters is 1.